The van der Waals surface area contributed by atoms with Crippen LogP contribution in [0.3, 0.4) is 0 Å². The average molecular weight is 185 g/mol. The molecule has 1 fully saturated rings. The monoisotopic (exact) mass is 185 g/mol. The standard InChI is InChI=1S/C10H23NSi/c1-4-9-7-8-11(6-3)10(9,12)5-2/h9H,4-8H2,1-3,12H3. The summed E-state index contributed by atoms with van der Waals surface area (Å²) in [5.41, 5.74) is 0. The van der Waals surface area contributed by atoms with E-state index in [1.807, 2.05) is 0 Å². The van der Waals surface area contributed by atoms with E-state index < -0.39 is 0 Å². The Balaban J connectivity index is 2.72. The molecule has 0 aliphatic carbocycles. The first-order valence-corrected chi connectivity index (χ1v) is 6.44. The maximum atomic E-state index is 2.72. The van der Waals surface area contributed by atoms with Crippen LogP contribution in [0.5, 0.6) is 0 Å². The first-order valence-electron chi connectivity index (χ1n) is 5.44. The molecule has 12 heavy (non-hydrogen) atoms. The van der Waals surface area contributed by atoms with Gasteiger partial charge in [0.15, 0.2) is 0 Å². The van der Waals surface area contributed by atoms with Gasteiger partial charge in [-0.2, -0.15) is 0 Å². The van der Waals surface area contributed by atoms with Crippen LogP contribution in [0, 0.1) is 5.92 Å². The second-order valence-corrected chi connectivity index (χ2v) is 5.92. The van der Waals surface area contributed by atoms with Crippen molar-refractivity contribution in [2.45, 2.75) is 45.2 Å². The molecule has 0 N–H and O–H groups in total. The lowest BCUT2D eigenvalue weighted by molar-refractivity contribution is 0.184. The Morgan fingerprint density at radius 1 is 1.42 bits per heavy atom. The fourth-order valence-corrected chi connectivity index (χ4v) is 4.05. The molecular weight excluding hydrogens is 162 g/mol. The molecule has 0 amide bonds. The number of likely N-dealkylation sites (tertiary alicyclic amines) is 1. The van der Waals surface area contributed by atoms with Gasteiger partial charge in [0.25, 0.3) is 0 Å². The lowest BCUT2D eigenvalue weighted by Crippen LogP contribution is -2.47. The Bertz CT molecular complexity index is 135. The van der Waals surface area contributed by atoms with E-state index in [-0.39, 0.29) is 0 Å². The minimum atomic E-state index is 0.642. The van der Waals surface area contributed by atoms with Crippen molar-refractivity contribution in [3.8, 4) is 0 Å². The summed E-state index contributed by atoms with van der Waals surface area (Å²) in [6.07, 6.45) is 4.20. The van der Waals surface area contributed by atoms with E-state index in [9.17, 15) is 0 Å². The summed E-state index contributed by atoms with van der Waals surface area (Å²) in [7, 11) is 1.34. The first kappa shape index (κ1) is 10.3. The van der Waals surface area contributed by atoms with Crippen LogP contribution >= 0.6 is 0 Å². The summed E-state index contributed by atoms with van der Waals surface area (Å²) in [6, 6.07) is 0. The Kier molecular flexibility index (Phi) is 3.35. The van der Waals surface area contributed by atoms with Gasteiger partial charge in [-0.15, -0.1) is 0 Å². The van der Waals surface area contributed by atoms with Crippen LogP contribution < -0.4 is 0 Å². The van der Waals surface area contributed by atoms with Gasteiger partial charge in [0.05, 0.1) is 0 Å². The largest absolute Gasteiger partial charge is 0.301 e. The Hall–Kier alpha value is 0.177. The van der Waals surface area contributed by atoms with Gasteiger partial charge in [0.1, 0.15) is 0 Å². The number of hydrogen-bond donors (Lipinski definition) is 0. The molecule has 0 aromatic carbocycles. The molecule has 2 heteroatoms. The normalized spacial score (nSPS) is 37.8. The highest BCUT2D eigenvalue weighted by Crippen LogP contribution is 2.36. The molecule has 0 saturated carbocycles. The van der Waals surface area contributed by atoms with E-state index >= 15 is 0 Å². The Labute approximate surface area is 79.9 Å². The molecule has 2 atom stereocenters. The third-order valence-electron chi connectivity index (χ3n) is 3.94. The minimum Gasteiger partial charge on any atom is -0.301 e. The SMILES string of the molecule is CCC1CCN(CC)C1([SiH3])CC. The highest BCUT2D eigenvalue weighted by atomic mass is 28.1. The summed E-state index contributed by atoms with van der Waals surface area (Å²) in [4.78, 5) is 2.72. The highest BCUT2D eigenvalue weighted by molar-refractivity contribution is 6.15. The third-order valence-corrected chi connectivity index (χ3v) is 6.10. The van der Waals surface area contributed by atoms with E-state index in [1.54, 1.807) is 0 Å². The second-order valence-electron chi connectivity index (χ2n) is 4.18. The van der Waals surface area contributed by atoms with Crippen LogP contribution in [0.1, 0.15) is 40.0 Å². The van der Waals surface area contributed by atoms with Crippen molar-refractivity contribution < 1.29 is 0 Å². The second kappa shape index (κ2) is 3.92. The lowest BCUT2D eigenvalue weighted by Gasteiger charge is -2.38. The fraction of sp³-hybridized carbons (Fsp3) is 1.00. The number of hydrogen-bond acceptors (Lipinski definition) is 1. The molecular formula is C10H23NSi. The Morgan fingerprint density at radius 2 is 2.08 bits per heavy atom. The van der Waals surface area contributed by atoms with Crippen LogP contribution in [0.15, 0.2) is 0 Å². The molecule has 0 spiro atoms. The summed E-state index contributed by atoms with van der Waals surface area (Å²) in [5, 5.41) is 0.642. The van der Waals surface area contributed by atoms with Gasteiger partial charge in [-0.05, 0) is 31.8 Å². The summed E-state index contributed by atoms with van der Waals surface area (Å²) in [6.45, 7) is 9.64. The molecule has 1 aliphatic heterocycles. The summed E-state index contributed by atoms with van der Waals surface area (Å²) < 4.78 is 0. The van der Waals surface area contributed by atoms with Crippen LogP contribution in [0.25, 0.3) is 0 Å². The predicted octanol–water partition coefficient (Wildman–Crippen LogP) is 1.21. The lowest BCUT2D eigenvalue weighted by atomic mass is 9.94. The zero-order chi connectivity index (χ0) is 9.19. The van der Waals surface area contributed by atoms with E-state index in [0.29, 0.717) is 5.16 Å². The topological polar surface area (TPSA) is 3.24 Å². The van der Waals surface area contributed by atoms with E-state index in [0.717, 1.165) is 5.92 Å². The molecule has 2 unspecified atom stereocenters. The Morgan fingerprint density at radius 3 is 2.50 bits per heavy atom. The van der Waals surface area contributed by atoms with Gasteiger partial charge in [-0.3, -0.25) is 0 Å². The molecule has 1 nitrogen and oxygen atoms in total. The van der Waals surface area contributed by atoms with E-state index in [1.165, 1.54) is 42.6 Å². The zero-order valence-electron chi connectivity index (χ0n) is 9.06. The van der Waals surface area contributed by atoms with Gasteiger partial charge in [0.2, 0.25) is 0 Å². The van der Waals surface area contributed by atoms with E-state index in [4.69, 9.17) is 0 Å². The van der Waals surface area contributed by atoms with E-state index in [2.05, 4.69) is 25.7 Å². The molecule has 0 radical (unpaired) electrons. The van der Waals surface area contributed by atoms with Crippen molar-refractivity contribution in [3.05, 3.63) is 0 Å². The zero-order valence-corrected chi connectivity index (χ0v) is 11.1. The predicted molar refractivity (Wildman–Crippen MR) is 58.6 cm³/mol. The van der Waals surface area contributed by atoms with Gasteiger partial charge in [-0.1, -0.05) is 27.2 Å². The summed E-state index contributed by atoms with van der Waals surface area (Å²) in [5.74, 6) is 0.995. The third kappa shape index (κ3) is 1.47. The highest BCUT2D eigenvalue weighted by Gasteiger charge is 2.40. The average Bonchev–Trinajstić information content (AvgIpc) is 2.42. The van der Waals surface area contributed by atoms with Crippen LogP contribution in [0.2, 0.25) is 0 Å². The molecule has 0 aromatic heterocycles. The van der Waals surface area contributed by atoms with Gasteiger partial charge in [-0.25, -0.2) is 0 Å². The van der Waals surface area contributed by atoms with Crippen molar-refractivity contribution >= 4 is 10.2 Å². The van der Waals surface area contributed by atoms with Gasteiger partial charge >= 0.3 is 0 Å². The first-order chi connectivity index (χ1) is 5.69. The van der Waals surface area contributed by atoms with Crippen LogP contribution in [-0.4, -0.2) is 33.4 Å². The summed E-state index contributed by atoms with van der Waals surface area (Å²) >= 11 is 0. The maximum absolute atomic E-state index is 2.72. The van der Waals surface area contributed by atoms with Crippen molar-refractivity contribution in [2.75, 3.05) is 13.1 Å². The molecule has 1 saturated heterocycles. The molecule has 1 aliphatic rings. The van der Waals surface area contributed by atoms with Crippen molar-refractivity contribution in [1.82, 2.24) is 4.90 Å². The van der Waals surface area contributed by atoms with Gasteiger partial charge in [0, 0.05) is 15.4 Å². The van der Waals surface area contributed by atoms with Crippen LogP contribution in [-0.2, 0) is 0 Å². The molecule has 0 aromatic rings. The smallest absolute Gasteiger partial charge is 0.0287 e. The quantitative estimate of drug-likeness (QED) is 0.598. The molecule has 0 bridgehead atoms. The number of nitrogens with zero attached hydrogens (tertiary/aromatic N) is 1. The molecule has 1 heterocycles. The van der Waals surface area contributed by atoms with Crippen molar-refractivity contribution in [1.29, 1.82) is 0 Å². The fourth-order valence-electron chi connectivity index (χ4n) is 2.81. The number of rotatable bonds is 3. The van der Waals surface area contributed by atoms with Gasteiger partial charge < -0.3 is 4.90 Å². The van der Waals surface area contributed by atoms with Crippen LogP contribution in [0.4, 0.5) is 0 Å². The minimum absolute atomic E-state index is 0.642. The van der Waals surface area contributed by atoms with Crippen molar-refractivity contribution in [3.63, 3.8) is 0 Å². The maximum Gasteiger partial charge on any atom is 0.0287 e. The molecule has 1 rings (SSSR count). The molecule has 72 valence electrons. The van der Waals surface area contributed by atoms with Crippen molar-refractivity contribution in [2.24, 2.45) is 5.92 Å².